The minimum atomic E-state index is -1.43. The Bertz CT molecular complexity index is 3860. The Morgan fingerprint density at radius 1 is 0.688 bits per heavy atom. The van der Waals surface area contributed by atoms with Gasteiger partial charge in [0.05, 0.1) is 24.1 Å². The minimum Gasteiger partial charge on any atom is -0.478 e. The number of piperidine rings is 2. The number of nitrogens with zero attached hydrogens (tertiary/aromatic N) is 8. The van der Waals surface area contributed by atoms with Crippen molar-refractivity contribution < 1.29 is 37.7 Å². The summed E-state index contributed by atoms with van der Waals surface area (Å²) in [5.74, 6) is -3.03. The molecule has 424 valence electrons. The molecule has 2 saturated heterocycles. The molecule has 2 aliphatic heterocycles. The first-order valence-electron chi connectivity index (χ1n) is 25.9. The van der Waals surface area contributed by atoms with E-state index in [2.05, 4.69) is 5.32 Å². The van der Waals surface area contributed by atoms with Crippen molar-refractivity contribution in [1.82, 2.24) is 33.6 Å². The van der Waals surface area contributed by atoms with E-state index in [4.69, 9.17) is 48.4 Å². The number of fused-ring (bicyclic) bond motifs is 6. The molecule has 0 aliphatic carbocycles. The van der Waals surface area contributed by atoms with Crippen molar-refractivity contribution in [2.45, 2.75) is 104 Å². The molecule has 4 aromatic heterocycles. The quantitative estimate of drug-likeness (QED) is 0.115. The molecular formula is C57H63Cl3F2N10O8. The largest absolute Gasteiger partial charge is 0.478 e. The van der Waals surface area contributed by atoms with Crippen LogP contribution in [0.4, 0.5) is 25.5 Å². The number of carbonyl (C=O) groups is 3. The fourth-order valence-corrected chi connectivity index (χ4v) is 10.8. The van der Waals surface area contributed by atoms with E-state index in [1.54, 1.807) is 69.9 Å². The van der Waals surface area contributed by atoms with E-state index >= 15 is 4.39 Å². The van der Waals surface area contributed by atoms with Crippen LogP contribution < -0.4 is 32.0 Å². The van der Waals surface area contributed by atoms with Gasteiger partial charge in [-0.25, -0.2) is 33.1 Å². The Hall–Kier alpha value is -7.26. The van der Waals surface area contributed by atoms with Crippen molar-refractivity contribution in [2.75, 3.05) is 36.0 Å². The van der Waals surface area contributed by atoms with E-state index in [0.717, 1.165) is 48.9 Å². The highest BCUT2D eigenvalue weighted by Gasteiger charge is 2.33. The molecule has 2 fully saturated rings. The molecule has 0 radical (unpaired) electrons. The van der Waals surface area contributed by atoms with Crippen molar-refractivity contribution in [3.8, 4) is 0 Å². The van der Waals surface area contributed by atoms with Crippen molar-refractivity contribution in [1.29, 1.82) is 0 Å². The Labute approximate surface area is 475 Å². The molecule has 23 heteroatoms. The molecule has 1 amide bonds. The molecule has 18 nitrogen and oxygen atoms in total. The van der Waals surface area contributed by atoms with Gasteiger partial charge in [-0.05, 0) is 115 Å². The second kappa shape index (κ2) is 23.1. The van der Waals surface area contributed by atoms with Crippen LogP contribution in [0.15, 0.2) is 82.4 Å². The Morgan fingerprint density at radius 3 is 1.60 bits per heavy atom. The zero-order valence-corrected chi connectivity index (χ0v) is 47.9. The van der Waals surface area contributed by atoms with Crippen molar-refractivity contribution in [3.05, 3.63) is 137 Å². The minimum absolute atomic E-state index is 0. The molecule has 4 aromatic carbocycles. The number of halogens is 5. The predicted molar refractivity (Wildman–Crippen MR) is 309 cm³/mol. The molecule has 4 N–H and O–H groups in total. The SMILES string of the molecule is Cl.Cn1c(=O)c2c(nc(N3CCC[C@@H](N)C3)n2Cc2ccccc2Cl)c2c(C(=O)O)c(F)ccc21.Cn1c(=O)c2c(nc(N3CCC[C@@H](NC(=O)OC(C)(C)C)C3)n2Cc2ccccc2Cl)c2c(C(=O)OC(C)(C)C)c(F)ccc21. The fraction of sp³-hybridized carbons (Fsp3) is 0.386. The Morgan fingerprint density at radius 2 is 1.14 bits per heavy atom. The number of esters is 1. The number of aromatic nitrogens is 6. The van der Waals surface area contributed by atoms with Crippen LogP contribution in [0.5, 0.6) is 0 Å². The second-order valence-electron chi connectivity index (χ2n) is 22.0. The molecule has 0 saturated carbocycles. The smallest absolute Gasteiger partial charge is 0.407 e. The number of carboxylic acid groups (broad SMARTS) is 1. The number of ether oxygens (including phenoxy) is 2. The number of rotatable bonds is 9. The van der Waals surface area contributed by atoms with Gasteiger partial charge in [-0.15, -0.1) is 12.4 Å². The molecule has 6 heterocycles. The Kier molecular flexibility index (Phi) is 17.0. The zero-order chi connectivity index (χ0) is 57.0. The number of carbonyl (C=O) groups excluding carboxylic acids is 2. The van der Waals surface area contributed by atoms with E-state index in [1.165, 1.54) is 28.3 Å². The summed E-state index contributed by atoms with van der Waals surface area (Å²) in [6.45, 7) is 13.1. The number of hydrogen-bond donors (Lipinski definition) is 3. The lowest BCUT2D eigenvalue weighted by molar-refractivity contribution is 0.00665. The lowest BCUT2D eigenvalue weighted by Gasteiger charge is -2.34. The van der Waals surface area contributed by atoms with Gasteiger partial charge in [0.15, 0.2) is 0 Å². The highest BCUT2D eigenvalue weighted by Crippen LogP contribution is 2.36. The number of carboxylic acids is 1. The van der Waals surface area contributed by atoms with Gasteiger partial charge in [0.1, 0.15) is 56.0 Å². The highest BCUT2D eigenvalue weighted by molar-refractivity contribution is 6.31. The second-order valence-corrected chi connectivity index (χ2v) is 22.8. The number of aromatic carboxylic acids is 1. The Balaban J connectivity index is 0.000000215. The number of nitrogens with two attached hydrogens (primary N) is 1. The van der Waals surface area contributed by atoms with Crippen LogP contribution in [-0.4, -0.2) is 101 Å². The van der Waals surface area contributed by atoms with Crippen molar-refractivity contribution >= 4 is 109 Å². The maximum absolute atomic E-state index is 15.6. The summed E-state index contributed by atoms with van der Waals surface area (Å²) in [5, 5.41) is 14.1. The summed E-state index contributed by atoms with van der Waals surface area (Å²) in [4.78, 5) is 79.4. The molecular weight excluding hydrogens is 1100 g/mol. The number of aryl methyl sites for hydroxylation is 2. The molecule has 8 aromatic rings. The molecule has 2 aliphatic rings. The summed E-state index contributed by atoms with van der Waals surface area (Å²) < 4.78 is 47.6. The molecule has 0 spiro atoms. The zero-order valence-electron chi connectivity index (χ0n) is 45.5. The average molecular weight is 1160 g/mol. The van der Waals surface area contributed by atoms with Crippen LogP contribution >= 0.6 is 35.6 Å². The highest BCUT2D eigenvalue weighted by atomic mass is 35.5. The van der Waals surface area contributed by atoms with Crippen LogP contribution in [0.3, 0.4) is 0 Å². The monoisotopic (exact) mass is 1160 g/mol. The first kappa shape index (κ1) is 58.9. The van der Waals surface area contributed by atoms with Crippen LogP contribution in [-0.2, 0) is 36.7 Å². The normalized spacial score (nSPS) is 15.9. The average Bonchev–Trinajstić information content (AvgIpc) is 4.13. The van der Waals surface area contributed by atoms with Gasteiger partial charge < -0.3 is 53.7 Å². The standard InChI is InChI=1S/C33H39ClFN5O5.C24H23ClFN5O3.ClH/c1-32(2,3)44-29(42)24-22(35)14-15-23-25(24)26-27(28(41)38(23)7)40(17-19-11-8-9-13-21(19)34)30(37-26)39-16-10-12-20(18-39)36-31(43)45-33(4,5)6;1-29-17-9-8-16(26)18(23(33)34)19(17)20-21(22(29)32)31(11-13-5-2-3-7-15(13)25)24(28-20)30-10-4-6-14(27)12-30;/h8-9,11,13-15,20H,10,12,16-18H2,1-7H3,(H,36,43);2-3,5,7-9,14H,4,6,10-12,27H2,1H3,(H,33,34);1H/t20-;14-;/m11./s1. The maximum Gasteiger partial charge on any atom is 0.407 e. The van der Waals surface area contributed by atoms with Crippen LogP contribution in [0.25, 0.3) is 43.9 Å². The van der Waals surface area contributed by atoms with Gasteiger partial charge in [-0.2, -0.15) is 0 Å². The molecule has 2 atom stereocenters. The van der Waals surface area contributed by atoms with Crippen LogP contribution in [0.2, 0.25) is 10.0 Å². The number of amides is 1. The van der Waals surface area contributed by atoms with E-state index in [-0.39, 0.29) is 87.1 Å². The van der Waals surface area contributed by atoms with Crippen molar-refractivity contribution in [3.63, 3.8) is 0 Å². The lowest BCUT2D eigenvalue weighted by atomic mass is 10.1. The third-order valence-electron chi connectivity index (χ3n) is 13.9. The number of imidazole rings is 2. The number of nitrogens with one attached hydrogen (secondary N) is 1. The molecule has 80 heavy (non-hydrogen) atoms. The summed E-state index contributed by atoms with van der Waals surface area (Å²) >= 11 is 13.0. The number of pyridine rings is 2. The van der Waals surface area contributed by atoms with Gasteiger partial charge in [-0.1, -0.05) is 59.6 Å². The van der Waals surface area contributed by atoms with Gasteiger partial charge in [0.25, 0.3) is 11.1 Å². The molecule has 0 unspecified atom stereocenters. The maximum atomic E-state index is 15.6. The third kappa shape index (κ3) is 11.8. The molecule has 10 rings (SSSR count). The van der Waals surface area contributed by atoms with Gasteiger partial charge >= 0.3 is 18.0 Å². The summed E-state index contributed by atoms with van der Waals surface area (Å²) in [5.41, 5.74) is 6.01. The summed E-state index contributed by atoms with van der Waals surface area (Å²) in [6, 6.07) is 19.3. The first-order valence-corrected chi connectivity index (χ1v) is 26.7. The number of alkyl carbamates (subject to hydrolysis) is 1. The predicted octanol–water partition coefficient (Wildman–Crippen LogP) is 9.95. The van der Waals surface area contributed by atoms with Gasteiger partial charge in [-0.3, -0.25) is 9.59 Å². The lowest BCUT2D eigenvalue weighted by Crippen LogP contribution is -2.49. The summed E-state index contributed by atoms with van der Waals surface area (Å²) in [7, 11) is 3.12. The van der Waals surface area contributed by atoms with E-state index in [1.807, 2.05) is 46.2 Å². The topological polar surface area (TPSA) is 214 Å². The van der Waals surface area contributed by atoms with Crippen LogP contribution in [0, 0.1) is 11.6 Å². The van der Waals surface area contributed by atoms with Crippen LogP contribution in [0.1, 0.15) is 99.1 Å². The number of hydrogen-bond acceptors (Lipinski definition) is 12. The van der Waals surface area contributed by atoms with Gasteiger partial charge in [0, 0.05) is 73.2 Å². The third-order valence-corrected chi connectivity index (χ3v) is 14.7. The number of anilines is 2. The first-order chi connectivity index (χ1) is 37.3. The van der Waals surface area contributed by atoms with E-state index < -0.39 is 46.4 Å². The van der Waals surface area contributed by atoms with E-state index in [0.29, 0.717) is 59.2 Å². The van der Waals surface area contributed by atoms with Crippen molar-refractivity contribution in [2.24, 2.45) is 19.8 Å². The number of benzene rings is 4. The fourth-order valence-electron chi connectivity index (χ4n) is 10.4. The molecule has 0 bridgehead atoms. The summed E-state index contributed by atoms with van der Waals surface area (Å²) in [6.07, 6.45) is 2.66. The van der Waals surface area contributed by atoms with E-state index in [9.17, 15) is 33.5 Å². The van der Waals surface area contributed by atoms with Gasteiger partial charge in [0.2, 0.25) is 11.9 Å².